The Kier molecular flexibility index (Phi) is 7.12. The van der Waals surface area contributed by atoms with E-state index < -0.39 is 5.91 Å². The van der Waals surface area contributed by atoms with E-state index >= 15 is 0 Å². The number of benzene rings is 1. The van der Waals surface area contributed by atoms with Crippen LogP contribution in [-0.4, -0.2) is 29.3 Å². The van der Waals surface area contributed by atoms with Crippen LogP contribution in [0, 0.1) is 0 Å². The molecule has 0 atom stereocenters. The number of thiazole rings is 1. The van der Waals surface area contributed by atoms with E-state index in [4.69, 9.17) is 4.42 Å². The highest BCUT2D eigenvalue weighted by atomic mass is 32.1. The molecule has 0 unspecified atom stereocenters. The van der Waals surface area contributed by atoms with E-state index in [1.807, 2.05) is 30.3 Å². The molecule has 0 saturated carbocycles. The fraction of sp³-hybridized carbons (Fsp3) is 0.200. The van der Waals surface area contributed by atoms with E-state index in [9.17, 15) is 14.4 Å². The summed E-state index contributed by atoms with van der Waals surface area (Å²) in [5, 5.41) is 10.2. The topological polar surface area (TPSA) is 113 Å². The predicted molar refractivity (Wildman–Crippen MR) is 108 cm³/mol. The summed E-state index contributed by atoms with van der Waals surface area (Å²) in [5.41, 5.74) is 1.55. The van der Waals surface area contributed by atoms with Gasteiger partial charge in [-0.05, 0) is 17.7 Å². The molecule has 9 heteroatoms. The van der Waals surface area contributed by atoms with Crippen molar-refractivity contribution in [3.63, 3.8) is 0 Å². The van der Waals surface area contributed by atoms with E-state index in [1.165, 1.54) is 17.6 Å². The van der Waals surface area contributed by atoms with Crippen molar-refractivity contribution < 1.29 is 18.8 Å². The average Bonchev–Trinajstić information content (AvgIpc) is 3.39. The number of rotatable bonds is 9. The second-order valence-electron chi connectivity index (χ2n) is 6.11. The van der Waals surface area contributed by atoms with Gasteiger partial charge in [0, 0.05) is 24.9 Å². The molecule has 3 amide bonds. The molecule has 0 aliphatic rings. The maximum Gasteiger partial charge on any atom is 0.293 e. The number of aromatic nitrogens is 1. The summed E-state index contributed by atoms with van der Waals surface area (Å²) in [6.45, 7) is 0.699. The van der Waals surface area contributed by atoms with Gasteiger partial charge in [0.25, 0.3) is 5.91 Å². The number of carbonyl (C=O) groups excluding carboxylic acids is 3. The zero-order chi connectivity index (χ0) is 20.5. The Morgan fingerprint density at radius 2 is 1.83 bits per heavy atom. The third-order valence-electron chi connectivity index (χ3n) is 3.87. The molecule has 8 nitrogen and oxygen atoms in total. The van der Waals surface area contributed by atoms with Crippen LogP contribution in [0.4, 0.5) is 5.13 Å². The number of amides is 3. The van der Waals surface area contributed by atoms with Gasteiger partial charge >= 0.3 is 0 Å². The Hall–Kier alpha value is -3.46. The molecule has 1 aromatic carbocycles. The van der Waals surface area contributed by atoms with E-state index in [0.717, 1.165) is 5.56 Å². The van der Waals surface area contributed by atoms with Gasteiger partial charge in [0.1, 0.15) is 0 Å². The van der Waals surface area contributed by atoms with Crippen LogP contribution in [0.2, 0.25) is 0 Å². The Balaban J connectivity index is 1.35. The molecule has 0 bridgehead atoms. The third-order valence-corrected chi connectivity index (χ3v) is 4.67. The van der Waals surface area contributed by atoms with Crippen molar-refractivity contribution in [3.8, 4) is 0 Å². The highest BCUT2D eigenvalue weighted by Gasteiger charge is 2.13. The van der Waals surface area contributed by atoms with Crippen molar-refractivity contribution in [2.45, 2.75) is 19.4 Å². The molecule has 0 aliphatic carbocycles. The second kappa shape index (κ2) is 10.2. The molecule has 0 fully saturated rings. The summed E-state index contributed by atoms with van der Waals surface area (Å²) in [5.74, 6) is -0.590. The van der Waals surface area contributed by atoms with E-state index in [-0.39, 0.29) is 37.0 Å². The Bertz CT molecular complexity index is 954. The van der Waals surface area contributed by atoms with Gasteiger partial charge in [0.05, 0.1) is 18.4 Å². The Morgan fingerprint density at radius 1 is 1.00 bits per heavy atom. The van der Waals surface area contributed by atoms with Gasteiger partial charge in [0.2, 0.25) is 11.8 Å². The van der Waals surface area contributed by atoms with Crippen LogP contribution in [0.15, 0.2) is 58.5 Å². The summed E-state index contributed by atoms with van der Waals surface area (Å²) < 4.78 is 5.01. The molecule has 150 valence electrons. The quantitative estimate of drug-likeness (QED) is 0.499. The maximum absolute atomic E-state index is 12.0. The normalized spacial score (nSPS) is 10.3. The van der Waals surface area contributed by atoms with Crippen LogP contribution in [0.1, 0.15) is 28.2 Å². The molecule has 2 heterocycles. The highest BCUT2D eigenvalue weighted by molar-refractivity contribution is 7.14. The van der Waals surface area contributed by atoms with E-state index in [0.29, 0.717) is 17.4 Å². The zero-order valence-electron chi connectivity index (χ0n) is 15.5. The van der Waals surface area contributed by atoms with Crippen molar-refractivity contribution in [3.05, 3.63) is 71.1 Å². The number of nitrogens with zero attached hydrogens (tertiary/aromatic N) is 1. The van der Waals surface area contributed by atoms with Gasteiger partial charge in [-0.15, -0.1) is 11.3 Å². The fourth-order valence-electron chi connectivity index (χ4n) is 2.44. The first kappa shape index (κ1) is 20.3. The van der Waals surface area contributed by atoms with Gasteiger partial charge in [-0.3, -0.25) is 19.7 Å². The molecule has 2 aromatic heterocycles. The van der Waals surface area contributed by atoms with Gasteiger partial charge in [0.15, 0.2) is 10.9 Å². The number of nitrogens with one attached hydrogen (secondary N) is 3. The number of carbonyl (C=O) groups is 3. The molecule has 3 rings (SSSR count). The summed E-state index contributed by atoms with van der Waals surface area (Å²) in [4.78, 5) is 40.0. The Morgan fingerprint density at radius 3 is 2.59 bits per heavy atom. The van der Waals surface area contributed by atoms with Crippen molar-refractivity contribution in [1.82, 2.24) is 15.6 Å². The SMILES string of the molecule is O=C(CCNC(=O)Cc1csc(NC(=O)c2ccco2)n1)NCc1ccccc1. The molecule has 29 heavy (non-hydrogen) atoms. The second-order valence-corrected chi connectivity index (χ2v) is 6.97. The minimum Gasteiger partial charge on any atom is -0.459 e. The van der Waals surface area contributed by atoms with Crippen molar-refractivity contribution in [2.24, 2.45) is 0 Å². The highest BCUT2D eigenvalue weighted by Crippen LogP contribution is 2.17. The number of anilines is 1. The smallest absolute Gasteiger partial charge is 0.293 e. The number of furan rings is 1. The first-order valence-electron chi connectivity index (χ1n) is 8.97. The molecular formula is C20H20N4O4S. The lowest BCUT2D eigenvalue weighted by Gasteiger charge is -2.06. The number of hydrogen-bond acceptors (Lipinski definition) is 6. The number of hydrogen-bond donors (Lipinski definition) is 3. The van der Waals surface area contributed by atoms with Crippen molar-refractivity contribution in [1.29, 1.82) is 0 Å². The van der Waals surface area contributed by atoms with Crippen LogP contribution < -0.4 is 16.0 Å². The Labute approximate surface area is 171 Å². The van der Waals surface area contributed by atoms with Crippen LogP contribution in [-0.2, 0) is 22.6 Å². The van der Waals surface area contributed by atoms with Crippen LogP contribution in [0.3, 0.4) is 0 Å². The first-order chi connectivity index (χ1) is 14.1. The largest absolute Gasteiger partial charge is 0.459 e. The fourth-order valence-corrected chi connectivity index (χ4v) is 3.14. The lowest BCUT2D eigenvalue weighted by atomic mass is 10.2. The van der Waals surface area contributed by atoms with Gasteiger partial charge in [-0.2, -0.15) is 0 Å². The van der Waals surface area contributed by atoms with Gasteiger partial charge in [-0.25, -0.2) is 4.98 Å². The summed E-state index contributed by atoms with van der Waals surface area (Å²) in [6, 6.07) is 12.8. The minimum absolute atomic E-state index is 0.0682. The minimum atomic E-state index is -0.401. The first-order valence-corrected chi connectivity index (χ1v) is 9.84. The van der Waals surface area contributed by atoms with Crippen molar-refractivity contribution in [2.75, 3.05) is 11.9 Å². The standard InChI is InChI=1S/C20H20N4O4S/c25-17(22-12-14-5-2-1-3-6-14)8-9-21-18(26)11-15-13-29-20(23-15)24-19(27)16-7-4-10-28-16/h1-7,10,13H,8-9,11-12H2,(H,21,26)(H,22,25)(H,23,24,27). The molecule has 3 aromatic rings. The summed E-state index contributed by atoms with van der Waals surface area (Å²) in [7, 11) is 0. The van der Waals surface area contributed by atoms with Crippen LogP contribution in [0.25, 0.3) is 0 Å². The van der Waals surface area contributed by atoms with E-state index in [2.05, 4.69) is 20.9 Å². The van der Waals surface area contributed by atoms with Gasteiger partial charge < -0.3 is 15.1 Å². The maximum atomic E-state index is 12.0. The zero-order valence-corrected chi connectivity index (χ0v) is 16.3. The molecule has 0 radical (unpaired) electrons. The van der Waals surface area contributed by atoms with Gasteiger partial charge in [-0.1, -0.05) is 30.3 Å². The monoisotopic (exact) mass is 412 g/mol. The van der Waals surface area contributed by atoms with Crippen LogP contribution >= 0.6 is 11.3 Å². The van der Waals surface area contributed by atoms with E-state index in [1.54, 1.807) is 17.5 Å². The molecule has 3 N–H and O–H groups in total. The molecular weight excluding hydrogens is 392 g/mol. The lowest BCUT2D eigenvalue weighted by molar-refractivity contribution is -0.122. The predicted octanol–water partition coefficient (Wildman–Crippen LogP) is 2.35. The average molecular weight is 412 g/mol. The molecule has 0 aliphatic heterocycles. The van der Waals surface area contributed by atoms with Crippen molar-refractivity contribution >= 4 is 34.2 Å². The third kappa shape index (κ3) is 6.58. The summed E-state index contributed by atoms with van der Waals surface area (Å²) >= 11 is 1.22. The molecule has 0 spiro atoms. The molecule has 0 saturated heterocycles. The summed E-state index contributed by atoms with van der Waals surface area (Å²) in [6.07, 6.45) is 1.67. The lowest BCUT2D eigenvalue weighted by Crippen LogP contribution is -2.31. The van der Waals surface area contributed by atoms with Crippen LogP contribution in [0.5, 0.6) is 0 Å².